The lowest BCUT2D eigenvalue weighted by molar-refractivity contribution is 0.355. The van der Waals surface area contributed by atoms with E-state index in [4.69, 9.17) is 13.9 Å². The summed E-state index contributed by atoms with van der Waals surface area (Å²) in [5.74, 6) is 1.40. The van der Waals surface area contributed by atoms with Gasteiger partial charge in [0.2, 0.25) is 5.89 Å². The molecule has 0 aliphatic carbocycles. The molecule has 0 fully saturated rings. The van der Waals surface area contributed by atoms with E-state index in [1.807, 2.05) is 6.07 Å². The minimum Gasteiger partial charge on any atom is -0.493 e. The van der Waals surface area contributed by atoms with Gasteiger partial charge in [0, 0.05) is 5.56 Å². The Morgan fingerprint density at radius 1 is 1.00 bits per heavy atom. The molecule has 0 saturated carbocycles. The minimum atomic E-state index is -0.318. The predicted molar refractivity (Wildman–Crippen MR) is 78.8 cm³/mol. The molecule has 0 spiro atoms. The van der Waals surface area contributed by atoms with E-state index in [1.54, 1.807) is 50.6 Å². The Bertz CT molecular complexity index is 854. The summed E-state index contributed by atoms with van der Waals surface area (Å²) in [6.45, 7) is 0. The molecule has 3 rings (SSSR count). The third-order valence-electron chi connectivity index (χ3n) is 3.16. The summed E-state index contributed by atoms with van der Waals surface area (Å²) in [6, 6.07) is 12.2. The van der Waals surface area contributed by atoms with Gasteiger partial charge in [-0.05, 0) is 30.3 Å². The smallest absolute Gasteiger partial charge is 0.284 e. The van der Waals surface area contributed by atoms with Crippen LogP contribution in [-0.4, -0.2) is 19.2 Å². The number of fused-ring (bicyclic) bond motifs is 1. The van der Waals surface area contributed by atoms with E-state index in [1.165, 1.54) is 0 Å². The molecule has 3 aromatic rings. The van der Waals surface area contributed by atoms with Crippen LogP contribution in [0.2, 0.25) is 0 Å². The maximum atomic E-state index is 12.0. The Morgan fingerprint density at radius 2 is 1.76 bits per heavy atom. The van der Waals surface area contributed by atoms with Crippen molar-refractivity contribution in [1.82, 2.24) is 4.98 Å². The van der Waals surface area contributed by atoms with Crippen LogP contribution in [0.3, 0.4) is 0 Å². The number of benzene rings is 2. The highest BCUT2D eigenvalue weighted by Gasteiger charge is 2.11. The molecule has 0 unspecified atom stereocenters. The summed E-state index contributed by atoms with van der Waals surface area (Å²) in [7, 11) is 3.11. The third-order valence-corrected chi connectivity index (χ3v) is 3.16. The largest absolute Gasteiger partial charge is 0.493 e. The summed E-state index contributed by atoms with van der Waals surface area (Å²) in [5, 5.41) is 0.460. The average molecular weight is 283 g/mol. The van der Waals surface area contributed by atoms with Crippen LogP contribution in [0.4, 0.5) is 0 Å². The van der Waals surface area contributed by atoms with E-state index in [2.05, 4.69) is 4.98 Å². The molecule has 1 heterocycles. The lowest BCUT2D eigenvalue weighted by Crippen LogP contribution is -2.07. The second-order valence-electron chi connectivity index (χ2n) is 4.39. The number of methoxy groups -OCH3 is 2. The molecule has 0 amide bonds. The first-order chi connectivity index (χ1) is 10.2. The second kappa shape index (κ2) is 5.28. The van der Waals surface area contributed by atoms with E-state index in [-0.39, 0.29) is 11.4 Å². The van der Waals surface area contributed by atoms with Crippen molar-refractivity contribution in [3.8, 4) is 23.0 Å². The van der Waals surface area contributed by atoms with Gasteiger partial charge in [-0.2, -0.15) is 4.98 Å². The number of rotatable bonds is 3. The minimum absolute atomic E-state index is 0.250. The van der Waals surface area contributed by atoms with Gasteiger partial charge in [0.15, 0.2) is 11.5 Å². The van der Waals surface area contributed by atoms with E-state index in [0.29, 0.717) is 28.0 Å². The normalized spacial score (nSPS) is 10.6. The van der Waals surface area contributed by atoms with Crippen LogP contribution >= 0.6 is 0 Å². The molecule has 0 saturated heterocycles. The summed E-state index contributed by atoms with van der Waals surface area (Å²) in [6.07, 6.45) is 0. The van der Waals surface area contributed by atoms with E-state index in [9.17, 15) is 4.79 Å². The zero-order valence-electron chi connectivity index (χ0n) is 11.6. The molecule has 5 heteroatoms. The number of aromatic nitrogens is 1. The van der Waals surface area contributed by atoms with Crippen LogP contribution in [0.1, 0.15) is 0 Å². The monoisotopic (exact) mass is 283 g/mol. The highest BCUT2D eigenvalue weighted by Crippen LogP contribution is 2.31. The number of hydrogen-bond donors (Lipinski definition) is 0. The fourth-order valence-electron chi connectivity index (χ4n) is 2.10. The molecule has 0 atom stereocenters. The van der Waals surface area contributed by atoms with Gasteiger partial charge in [0.25, 0.3) is 5.56 Å². The van der Waals surface area contributed by atoms with Gasteiger partial charge in [0.05, 0.1) is 19.6 Å². The summed E-state index contributed by atoms with van der Waals surface area (Å²) < 4.78 is 16.1. The molecule has 0 N–H and O–H groups in total. The van der Waals surface area contributed by atoms with Crippen LogP contribution < -0.4 is 15.0 Å². The van der Waals surface area contributed by atoms with E-state index < -0.39 is 0 Å². The molecule has 0 radical (unpaired) electrons. The van der Waals surface area contributed by atoms with Crippen molar-refractivity contribution in [3.63, 3.8) is 0 Å². The van der Waals surface area contributed by atoms with Crippen LogP contribution in [0.5, 0.6) is 11.5 Å². The van der Waals surface area contributed by atoms with Gasteiger partial charge in [-0.25, -0.2) is 0 Å². The fourth-order valence-corrected chi connectivity index (χ4v) is 2.10. The van der Waals surface area contributed by atoms with Crippen LogP contribution in [0.15, 0.2) is 51.7 Å². The molecule has 2 aromatic carbocycles. The van der Waals surface area contributed by atoms with Crippen LogP contribution in [0, 0.1) is 0 Å². The molecule has 0 aliphatic heterocycles. The van der Waals surface area contributed by atoms with Crippen molar-refractivity contribution in [3.05, 3.63) is 52.8 Å². The maximum Gasteiger partial charge on any atom is 0.284 e. The summed E-state index contributed by atoms with van der Waals surface area (Å²) >= 11 is 0. The van der Waals surface area contributed by atoms with Crippen molar-refractivity contribution in [2.75, 3.05) is 14.2 Å². The Hall–Kier alpha value is -2.82. The van der Waals surface area contributed by atoms with Gasteiger partial charge < -0.3 is 13.9 Å². The quantitative estimate of drug-likeness (QED) is 0.739. The van der Waals surface area contributed by atoms with Crippen LogP contribution in [0.25, 0.3) is 22.4 Å². The zero-order chi connectivity index (χ0) is 14.8. The first-order valence-electron chi connectivity index (χ1n) is 6.35. The number of ether oxygens (including phenoxy) is 2. The highest BCUT2D eigenvalue weighted by molar-refractivity contribution is 5.76. The van der Waals surface area contributed by atoms with Gasteiger partial charge in [-0.15, -0.1) is 0 Å². The first-order valence-corrected chi connectivity index (χ1v) is 6.35. The van der Waals surface area contributed by atoms with Crippen molar-refractivity contribution < 1.29 is 13.9 Å². The average Bonchev–Trinajstić information content (AvgIpc) is 2.54. The fraction of sp³-hybridized carbons (Fsp3) is 0.125. The molecule has 1 aromatic heterocycles. The molecule has 106 valence electrons. The van der Waals surface area contributed by atoms with Gasteiger partial charge in [0.1, 0.15) is 5.58 Å². The Kier molecular flexibility index (Phi) is 3.31. The van der Waals surface area contributed by atoms with Gasteiger partial charge in [-0.3, -0.25) is 4.79 Å². The van der Waals surface area contributed by atoms with Crippen molar-refractivity contribution in [2.24, 2.45) is 0 Å². The number of nitrogens with zero attached hydrogens (tertiary/aromatic N) is 1. The Labute approximate surface area is 120 Å². The predicted octanol–water partition coefficient (Wildman–Crippen LogP) is 2.87. The van der Waals surface area contributed by atoms with Gasteiger partial charge in [-0.1, -0.05) is 12.1 Å². The standard InChI is InChI=1S/C16H13NO4/c1-19-13-8-7-10(9-14(13)20-2)16-17-15(18)11-5-3-4-6-12(11)21-16/h3-9H,1-2H3. The Morgan fingerprint density at radius 3 is 2.52 bits per heavy atom. The zero-order valence-corrected chi connectivity index (χ0v) is 11.6. The molecular formula is C16H13NO4. The lowest BCUT2D eigenvalue weighted by atomic mass is 10.2. The van der Waals surface area contributed by atoms with Crippen LogP contribution in [-0.2, 0) is 0 Å². The topological polar surface area (TPSA) is 61.6 Å². The van der Waals surface area contributed by atoms with Crippen molar-refractivity contribution >= 4 is 11.0 Å². The number of para-hydroxylation sites is 1. The number of hydrogen-bond acceptors (Lipinski definition) is 5. The lowest BCUT2D eigenvalue weighted by Gasteiger charge is -2.08. The molecule has 5 nitrogen and oxygen atoms in total. The first kappa shape index (κ1) is 13.2. The highest BCUT2D eigenvalue weighted by atomic mass is 16.5. The van der Waals surface area contributed by atoms with Crippen molar-refractivity contribution in [1.29, 1.82) is 0 Å². The SMILES string of the molecule is COc1ccc(-c2nc(=O)c3ccccc3o2)cc1OC. The molecule has 0 bridgehead atoms. The summed E-state index contributed by atoms with van der Waals surface area (Å²) in [4.78, 5) is 16.0. The second-order valence-corrected chi connectivity index (χ2v) is 4.39. The Balaban J connectivity index is 2.18. The maximum absolute atomic E-state index is 12.0. The molecular weight excluding hydrogens is 270 g/mol. The van der Waals surface area contributed by atoms with Crippen molar-refractivity contribution in [2.45, 2.75) is 0 Å². The third kappa shape index (κ3) is 2.33. The summed E-state index contributed by atoms with van der Waals surface area (Å²) in [5.41, 5.74) is 0.833. The van der Waals surface area contributed by atoms with E-state index >= 15 is 0 Å². The molecule has 0 aliphatic rings. The van der Waals surface area contributed by atoms with E-state index in [0.717, 1.165) is 0 Å². The van der Waals surface area contributed by atoms with Gasteiger partial charge >= 0.3 is 0 Å². The molecule has 21 heavy (non-hydrogen) atoms.